The predicted molar refractivity (Wildman–Crippen MR) is 168 cm³/mol. The third kappa shape index (κ3) is 4.62. The molecule has 3 aliphatic carbocycles. The Bertz CT molecular complexity index is 1600. The van der Waals surface area contributed by atoms with Crippen LogP contribution in [0.5, 0.6) is 0 Å². The summed E-state index contributed by atoms with van der Waals surface area (Å²) in [6.45, 7) is 0. The number of hydrogen-bond donors (Lipinski definition) is 1. The normalized spacial score (nSPS) is 17.0. The van der Waals surface area contributed by atoms with Crippen molar-refractivity contribution in [3.63, 3.8) is 0 Å². The fourth-order valence-electron chi connectivity index (χ4n) is 6.12. The molecular weight excluding hydrogens is 525 g/mol. The Balaban J connectivity index is 1.41. The highest BCUT2D eigenvalue weighted by Gasteiger charge is 2.46. The highest BCUT2D eigenvalue weighted by molar-refractivity contribution is 7.99. The van der Waals surface area contributed by atoms with Crippen LogP contribution in [0, 0.1) is 0 Å². The highest BCUT2D eigenvalue weighted by Crippen LogP contribution is 2.55. The molecular formula is C37H30OS2. The molecule has 40 heavy (non-hydrogen) atoms. The molecule has 0 atom stereocenters. The molecule has 3 heteroatoms. The fourth-order valence-corrected chi connectivity index (χ4v) is 7.87. The molecule has 0 saturated heterocycles. The minimum absolute atomic E-state index is 0.954. The Hall–Kier alpha value is -3.50. The van der Waals surface area contributed by atoms with Gasteiger partial charge < -0.3 is 5.11 Å². The van der Waals surface area contributed by atoms with E-state index >= 15 is 0 Å². The Kier molecular flexibility index (Phi) is 6.89. The van der Waals surface area contributed by atoms with Crippen LogP contribution in [-0.4, -0.2) is 5.11 Å². The minimum atomic E-state index is -1.22. The van der Waals surface area contributed by atoms with Crippen molar-refractivity contribution >= 4 is 23.5 Å². The van der Waals surface area contributed by atoms with E-state index in [1.165, 1.54) is 20.9 Å². The lowest BCUT2D eigenvalue weighted by Crippen LogP contribution is -2.29. The quantitative estimate of drug-likeness (QED) is 0.256. The Morgan fingerprint density at radius 2 is 1.18 bits per heavy atom. The van der Waals surface area contributed by atoms with Crippen molar-refractivity contribution in [3.05, 3.63) is 155 Å². The summed E-state index contributed by atoms with van der Waals surface area (Å²) in [7, 11) is 0. The van der Waals surface area contributed by atoms with Crippen LogP contribution in [0.2, 0.25) is 0 Å². The molecule has 4 aromatic carbocycles. The summed E-state index contributed by atoms with van der Waals surface area (Å²) < 4.78 is 0. The van der Waals surface area contributed by atoms with Crippen LogP contribution >= 0.6 is 23.5 Å². The molecule has 1 nitrogen and oxygen atoms in total. The van der Waals surface area contributed by atoms with Gasteiger partial charge in [-0.25, -0.2) is 0 Å². The molecule has 0 spiro atoms. The van der Waals surface area contributed by atoms with E-state index in [1.807, 2.05) is 12.1 Å². The Labute approximate surface area is 245 Å². The molecule has 0 amide bonds. The van der Waals surface area contributed by atoms with Gasteiger partial charge in [-0.15, -0.1) is 0 Å². The topological polar surface area (TPSA) is 20.2 Å². The molecule has 0 heterocycles. The molecule has 0 unspecified atom stereocenters. The van der Waals surface area contributed by atoms with Gasteiger partial charge in [-0.2, -0.15) is 0 Å². The SMILES string of the molecule is OC1(C2=C(C3=CC=CCC3)CCC=C2)c2cc(Sc3ccccc3)ccc2-c2ccc(Sc3ccccc3)cc21. The Morgan fingerprint density at radius 3 is 1.73 bits per heavy atom. The second-order valence-electron chi connectivity index (χ2n) is 10.4. The Morgan fingerprint density at radius 1 is 0.600 bits per heavy atom. The summed E-state index contributed by atoms with van der Waals surface area (Å²) in [6, 6.07) is 34.2. The standard InChI is InChI=1S/C37H30OS2/c38-37(34-19-11-10-18-31(34)26-12-4-1-5-13-26)35-24-29(39-27-14-6-2-7-15-27)20-22-32(35)33-23-21-30(25-36(33)37)40-28-16-8-3-9-17-28/h1-4,6-9,11-12,14-17,19-25,38H,5,10,13,18H2. The largest absolute Gasteiger partial charge is 0.376 e. The smallest absolute Gasteiger partial charge is 0.142 e. The zero-order valence-corrected chi connectivity index (χ0v) is 23.8. The van der Waals surface area contributed by atoms with Crippen molar-refractivity contribution in [2.75, 3.05) is 0 Å². The van der Waals surface area contributed by atoms with Crippen molar-refractivity contribution in [1.29, 1.82) is 0 Å². The summed E-state index contributed by atoms with van der Waals surface area (Å²) in [5.41, 5.74) is 6.67. The van der Waals surface area contributed by atoms with E-state index in [1.54, 1.807) is 23.5 Å². The summed E-state index contributed by atoms with van der Waals surface area (Å²) in [5, 5.41) is 13.1. The lowest BCUT2D eigenvalue weighted by molar-refractivity contribution is 0.128. The van der Waals surface area contributed by atoms with Crippen LogP contribution in [0.15, 0.2) is 164 Å². The summed E-state index contributed by atoms with van der Waals surface area (Å²) in [6.07, 6.45) is 15.1. The zero-order chi connectivity index (χ0) is 26.9. The molecule has 1 N–H and O–H groups in total. The minimum Gasteiger partial charge on any atom is -0.376 e. The van der Waals surface area contributed by atoms with Crippen LogP contribution in [0.3, 0.4) is 0 Å². The summed E-state index contributed by atoms with van der Waals surface area (Å²) >= 11 is 3.49. The number of aliphatic hydroxyl groups is 1. The first-order valence-corrected chi connectivity index (χ1v) is 15.6. The third-order valence-corrected chi connectivity index (χ3v) is 9.97. The fraction of sp³-hybridized carbons (Fsp3) is 0.135. The van der Waals surface area contributed by atoms with Gasteiger partial charge in [-0.05, 0) is 102 Å². The molecule has 196 valence electrons. The first-order chi connectivity index (χ1) is 19.7. The second-order valence-corrected chi connectivity index (χ2v) is 12.7. The second kappa shape index (κ2) is 10.8. The van der Waals surface area contributed by atoms with Gasteiger partial charge in [0.25, 0.3) is 0 Å². The van der Waals surface area contributed by atoms with Crippen LogP contribution in [-0.2, 0) is 5.60 Å². The van der Waals surface area contributed by atoms with Gasteiger partial charge in [0.2, 0.25) is 0 Å². The molecule has 7 rings (SSSR count). The van der Waals surface area contributed by atoms with E-state index in [2.05, 4.69) is 115 Å². The summed E-state index contributed by atoms with van der Waals surface area (Å²) in [5.74, 6) is 0. The number of fused-ring (bicyclic) bond motifs is 3. The predicted octanol–water partition coefficient (Wildman–Crippen LogP) is 10.1. The van der Waals surface area contributed by atoms with E-state index in [0.29, 0.717) is 0 Å². The molecule has 0 aromatic heterocycles. The maximum atomic E-state index is 13.1. The van der Waals surface area contributed by atoms with Crippen LogP contribution in [0.25, 0.3) is 11.1 Å². The molecule has 3 aliphatic rings. The van der Waals surface area contributed by atoms with E-state index in [9.17, 15) is 5.11 Å². The first kappa shape index (κ1) is 25.5. The van der Waals surface area contributed by atoms with Crippen molar-refractivity contribution in [1.82, 2.24) is 0 Å². The number of rotatable bonds is 6. The number of benzene rings is 4. The van der Waals surface area contributed by atoms with Crippen LogP contribution < -0.4 is 0 Å². The van der Waals surface area contributed by atoms with Gasteiger partial charge in [0.05, 0.1) is 0 Å². The van der Waals surface area contributed by atoms with Crippen molar-refractivity contribution in [2.45, 2.75) is 50.9 Å². The van der Waals surface area contributed by atoms with Gasteiger partial charge in [0.1, 0.15) is 5.60 Å². The van der Waals surface area contributed by atoms with Crippen molar-refractivity contribution in [2.24, 2.45) is 0 Å². The number of hydrogen-bond acceptors (Lipinski definition) is 3. The van der Waals surface area contributed by atoms with Crippen molar-refractivity contribution < 1.29 is 5.11 Å². The molecule has 0 radical (unpaired) electrons. The zero-order valence-electron chi connectivity index (χ0n) is 22.2. The van der Waals surface area contributed by atoms with Crippen LogP contribution in [0.1, 0.15) is 36.8 Å². The molecule has 0 saturated carbocycles. The average molecular weight is 555 g/mol. The van der Waals surface area contributed by atoms with E-state index < -0.39 is 5.60 Å². The monoisotopic (exact) mass is 554 g/mol. The van der Waals surface area contributed by atoms with Gasteiger partial charge in [0.15, 0.2) is 0 Å². The van der Waals surface area contributed by atoms with E-state index in [0.717, 1.165) is 63.3 Å². The molecule has 0 fully saturated rings. The van der Waals surface area contributed by atoms with Gasteiger partial charge in [-0.3, -0.25) is 0 Å². The maximum absolute atomic E-state index is 13.1. The molecule has 4 aromatic rings. The first-order valence-electron chi connectivity index (χ1n) is 13.9. The molecule has 0 aliphatic heterocycles. The average Bonchev–Trinajstić information content (AvgIpc) is 3.26. The van der Waals surface area contributed by atoms with Gasteiger partial charge in [-0.1, -0.05) is 102 Å². The van der Waals surface area contributed by atoms with Crippen LogP contribution in [0.4, 0.5) is 0 Å². The lowest BCUT2D eigenvalue weighted by Gasteiger charge is -2.33. The number of allylic oxidation sites excluding steroid dienone is 6. The van der Waals surface area contributed by atoms with E-state index in [4.69, 9.17) is 0 Å². The van der Waals surface area contributed by atoms with Gasteiger partial charge in [0, 0.05) is 30.7 Å². The van der Waals surface area contributed by atoms with E-state index in [-0.39, 0.29) is 0 Å². The lowest BCUT2D eigenvalue weighted by atomic mass is 9.76. The third-order valence-electron chi connectivity index (χ3n) is 7.97. The maximum Gasteiger partial charge on any atom is 0.142 e. The summed E-state index contributed by atoms with van der Waals surface area (Å²) in [4.78, 5) is 4.66. The highest BCUT2D eigenvalue weighted by atomic mass is 32.2. The molecule has 0 bridgehead atoms. The van der Waals surface area contributed by atoms with Crippen molar-refractivity contribution in [3.8, 4) is 11.1 Å². The van der Waals surface area contributed by atoms with Gasteiger partial charge >= 0.3 is 0 Å².